The number of pyridine rings is 2. The van der Waals surface area contributed by atoms with Crippen molar-refractivity contribution in [3.63, 3.8) is 0 Å². The molecule has 19 nitrogen and oxygen atoms in total. The number of nitrogens with zero attached hydrogens (tertiary/aromatic N) is 6. The van der Waals surface area contributed by atoms with E-state index < -0.39 is 35.8 Å². The normalized spacial score (nSPS) is 11.2. The fourth-order valence-corrected chi connectivity index (χ4v) is 3.47. The van der Waals surface area contributed by atoms with Crippen LogP contribution >= 0.6 is 0 Å². The first-order chi connectivity index (χ1) is 21.4. The molecule has 46 heavy (non-hydrogen) atoms. The van der Waals surface area contributed by atoms with E-state index in [2.05, 4.69) is 19.8 Å². The molecule has 0 bridgehead atoms. The molecule has 0 aliphatic carbocycles. The van der Waals surface area contributed by atoms with Crippen LogP contribution in [-0.4, -0.2) is 147 Å². The molecule has 3 heterocycles. The lowest BCUT2D eigenvalue weighted by Gasteiger charge is -2.29. The second-order valence-electron chi connectivity index (χ2n) is 9.47. The summed E-state index contributed by atoms with van der Waals surface area (Å²) in [7, 11) is 8.19. The fourth-order valence-electron chi connectivity index (χ4n) is 3.47. The molecule has 0 atom stereocenters. The summed E-state index contributed by atoms with van der Waals surface area (Å²) in [6.45, 7) is 3.14. The van der Waals surface area contributed by atoms with E-state index >= 15 is 0 Å². The number of carboxylic acid groups (broad SMARTS) is 6. The van der Waals surface area contributed by atoms with Crippen molar-refractivity contribution in [1.29, 1.82) is 0 Å². The van der Waals surface area contributed by atoms with Gasteiger partial charge < -0.3 is 40.4 Å². The zero-order valence-electron chi connectivity index (χ0n) is 25.4. The summed E-state index contributed by atoms with van der Waals surface area (Å²) in [5.41, 5.74) is 3.21. The minimum Gasteiger partial charge on any atom is -0.473 e. The lowest BCUT2D eigenvalue weighted by atomic mass is 10.1. The zero-order chi connectivity index (χ0) is 35.6. The molecule has 6 N–H and O–H groups in total. The standard InChI is InChI=1S/C21H30N6O.3C2H2O4/c1-24(2)13-7-15-26-17-9-5-11-22-19(17)20-18(10-6-12-23-20)27(21(26)28)16-8-14-25(3)4;3*3-1(4)2(5)6/h5-6,9-12H,7-8,13-16H2,1-4H3;3*(H,3,4)(H,5,6). The molecule has 19 heteroatoms. The lowest BCUT2D eigenvalue weighted by molar-refractivity contribution is -0.159. The first-order valence-electron chi connectivity index (χ1n) is 13.1. The number of hydrogen-bond acceptors (Lipinski definition) is 11. The summed E-state index contributed by atoms with van der Waals surface area (Å²) in [5.74, 6) is -10.9. The molecular weight excluding hydrogens is 616 g/mol. The first kappa shape index (κ1) is 40.3. The summed E-state index contributed by atoms with van der Waals surface area (Å²) in [6.07, 6.45) is 5.31. The van der Waals surface area contributed by atoms with Crippen LogP contribution in [-0.2, 0) is 28.8 Å². The van der Waals surface area contributed by atoms with E-state index in [0.717, 1.165) is 48.7 Å². The maximum atomic E-state index is 13.6. The van der Waals surface area contributed by atoms with Gasteiger partial charge >= 0.3 is 41.8 Å². The number of carbonyl (C=O) groups excluding carboxylic acids is 1. The Morgan fingerprint density at radius 2 is 0.870 bits per heavy atom. The van der Waals surface area contributed by atoms with E-state index in [4.69, 9.17) is 59.4 Å². The van der Waals surface area contributed by atoms with E-state index in [1.54, 1.807) is 12.4 Å². The Labute approximate surface area is 262 Å². The SMILES string of the molecule is CN(C)CCCN1C(=O)N(CCCN(C)C)c2cccnc2-c2ncccc21.O=C(O)C(=O)O.O=C(O)C(=O)O.O=C(O)C(=O)O. The summed E-state index contributed by atoms with van der Waals surface area (Å²) in [5, 5.41) is 44.3. The molecule has 0 saturated carbocycles. The first-order valence-corrected chi connectivity index (χ1v) is 13.1. The Morgan fingerprint density at radius 3 is 1.11 bits per heavy atom. The van der Waals surface area contributed by atoms with Gasteiger partial charge in [0.2, 0.25) is 0 Å². The molecule has 0 saturated heterocycles. The van der Waals surface area contributed by atoms with E-state index in [-0.39, 0.29) is 6.03 Å². The average Bonchev–Trinajstić information content (AvgIpc) is 3.07. The van der Waals surface area contributed by atoms with Crippen molar-refractivity contribution >= 4 is 53.2 Å². The Kier molecular flexibility index (Phi) is 17.8. The van der Waals surface area contributed by atoms with Crippen molar-refractivity contribution in [3.05, 3.63) is 36.7 Å². The number of fused-ring (bicyclic) bond motifs is 3. The molecule has 0 fully saturated rings. The Bertz CT molecular complexity index is 1220. The van der Waals surface area contributed by atoms with E-state index in [1.165, 1.54) is 0 Å². The highest BCUT2D eigenvalue weighted by molar-refractivity contribution is 6.28. The Morgan fingerprint density at radius 1 is 0.587 bits per heavy atom. The van der Waals surface area contributed by atoms with Gasteiger partial charge in [0.1, 0.15) is 11.4 Å². The van der Waals surface area contributed by atoms with Crippen LogP contribution in [0, 0.1) is 0 Å². The van der Waals surface area contributed by atoms with Crippen LogP contribution < -0.4 is 9.80 Å². The quantitative estimate of drug-likeness (QED) is 0.209. The van der Waals surface area contributed by atoms with Crippen LogP contribution in [0.1, 0.15) is 12.8 Å². The third-order valence-corrected chi connectivity index (χ3v) is 5.36. The Hall–Kier alpha value is -5.69. The number of amides is 2. The number of anilines is 2. The van der Waals surface area contributed by atoms with Crippen molar-refractivity contribution in [2.75, 3.05) is 64.2 Å². The summed E-state index contributed by atoms with van der Waals surface area (Å²) in [4.78, 5) is 85.4. The molecule has 1 aliphatic rings. The number of hydrogen-bond donors (Lipinski definition) is 6. The molecular formula is C27H36N6O13. The summed E-state index contributed by atoms with van der Waals surface area (Å²) >= 11 is 0. The van der Waals surface area contributed by atoms with Crippen molar-refractivity contribution < 1.29 is 64.2 Å². The van der Waals surface area contributed by atoms with Crippen LogP contribution in [0.25, 0.3) is 11.4 Å². The van der Waals surface area contributed by atoms with Crippen molar-refractivity contribution in [2.24, 2.45) is 0 Å². The molecule has 0 spiro atoms. The molecule has 2 aromatic rings. The average molecular weight is 653 g/mol. The van der Waals surface area contributed by atoms with Crippen LogP contribution in [0.5, 0.6) is 0 Å². The third-order valence-electron chi connectivity index (χ3n) is 5.36. The molecule has 2 amide bonds. The highest BCUT2D eigenvalue weighted by atomic mass is 16.5. The second kappa shape index (κ2) is 20.3. The lowest BCUT2D eigenvalue weighted by Crippen LogP contribution is -2.44. The minimum absolute atomic E-state index is 0.00138. The molecule has 0 aromatic carbocycles. The van der Waals surface area contributed by atoms with Crippen LogP contribution in [0.3, 0.4) is 0 Å². The summed E-state index contributed by atoms with van der Waals surface area (Å²) < 4.78 is 0. The van der Waals surface area contributed by atoms with Gasteiger partial charge in [-0.3, -0.25) is 19.8 Å². The zero-order valence-corrected chi connectivity index (χ0v) is 25.4. The molecule has 2 aromatic heterocycles. The van der Waals surface area contributed by atoms with Gasteiger partial charge in [0.25, 0.3) is 0 Å². The molecule has 0 unspecified atom stereocenters. The van der Waals surface area contributed by atoms with Crippen LogP contribution in [0.15, 0.2) is 36.7 Å². The number of carbonyl (C=O) groups is 7. The predicted molar refractivity (Wildman–Crippen MR) is 160 cm³/mol. The van der Waals surface area contributed by atoms with Gasteiger partial charge in [-0.2, -0.15) is 0 Å². The number of aromatic nitrogens is 2. The van der Waals surface area contributed by atoms with Gasteiger partial charge in [0.15, 0.2) is 0 Å². The van der Waals surface area contributed by atoms with Crippen molar-refractivity contribution in [2.45, 2.75) is 12.8 Å². The highest BCUT2D eigenvalue weighted by Crippen LogP contribution is 2.38. The van der Waals surface area contributed by atoms with Gasteiger partial charge in [0.05, 0.1) is 11.4 Å². The topological polar surface area (TPSA) is 280 Å². The summed E-state index contributed by atoms with van der Waals surface area (Å²) in [6, 6.07) is 7.71. The molecule has 252 valence electrons. The molecule has 1 aliphatic heterocycles. The Balaban J connectivity index is 0.000000919. The number of carboxylic acids is 6. The van der Waals surface area contributed by atoms with Crippen LogP contribution in [0.4, 0.5) is 16.2 Å². The highest BCUT2D eigenvalue weighted by Gasteiger charge is 2.32. The van der Waals surface area contributed by atoms with E-state index in [0.29, 0.717) is 13.1 Å². The molecule has 0 radical (unpaired) electrons. The number of urea groups is 1. The van der Waals surface area contributed by atoms with Gasteiger partial charge in [-0.15, -0.1) is 0 Å². The third kappa shape index (κ3) is 14.7. The monoisotopic (exact) mass is 652 g/mol. The number of rotatable bonds is 8. The largest absolute Gasteiger partial charge is 0.473 e. The van der Waals surface area contributed by atoms with Gasteiger partial charge in [-0.1, -0.05) is 0 Å². The van der Waals surface area contributed by atoms with Gasteiger partial charge in [-0.25, -0.2) is 33.6 Å². The van der Waals surface area contributed by atoms with Crippen molar-refractivity contribution in [1.82, 2.24) is 19.8 Å². The van der Waals surface area contributed by atoms with Crippen molar-refractivity contribution in [3.8, 4) is 11.4 Å². The van der Waals surface area contributed by atoms with Gasteiger partial charge in [0, 0.05) is 25.5 Å². The van der Waals surface area contributed by atoms with E-state index in [1.807, 2.05) is 62.3 Å². The maximum absolute atomic E-state index is 13.6. The predicted octanol–water partition coefficient (Wildman–Crippen LogP) is 0.260. The second-order valence-corrected chi connectivity index (χ2v) is 9.47. The fraction of sp³-hybridized carbons (Fsp3) is 0.370. The van der Waals surface area contributed by atoms with E-state index in [9.17, 15) is 4.79 Å². The maximum Gasteiger partial charge on any atom is 0.414 e. The minimum atomic E-state index is -1.82. The van der Waals surface area contributed by atoms with Crippen LogP contribution in [0.2, 0.25) is 0 Å². The number of aliphatic carboxylic acids is 6. The molecule has 3 rings (SSSR count). The van der Waals surface area contributed by atoms with Gasteiger partial charge in [-0.05, 0) is 78.4 Å². The smallest absolute Gasteiger partial charge is 0.414 e.